The van der Waals surface area contributed by atoms with Gasteiger partial charge in [-0.2, -0.15) is 5.26 Å². The Morgan fingerprint density at radius 3 is 2.83 bits per heavy atom. The minimum atomic E-state index is -1.04. The number of hydrogen-bond donors (Lipinski definition) is 2. The van der Waals surface area contributed by atoms with Crippen LogP contribution in [0, 0.1) is 11.3 Å². The van der Waals surface area contributed by atoms with Gasteiger partial charge in [-0.1, -0.05) is 0 Å². The number of carbonyl (C=O) groups is 2. The molecule has 1 fully saturated rings. The highest BCUT2D eigenvalue weighted by Gasteiger charge is 2.27. The number of unbranched alkanes of at least 4 members (excludes halogenated alkanes) is 2. The van der Waals surface area contributed by atoms with Crippen LogP contribution in [0.5, 0.6) is 0 Å². The predicted octanol–water partition coefficient (Wildman–Crippen LogP) is 0.819. The molecule has 0 spiro atoms. The maximum absolute atomic E-state index is 11.7. The van der Waals surface area contributed by atoms with Crippen LogP contribution in [0.15, 0.2) is 0 Å². The van der Waals surface area contributed by atoms with E-state index in [2.05, 4.69) is 5.32 Å². The quantitative estimate of drug-likeness (QED) is 0.655. The molecule has 2 N–H and O–H groups in total. The number of nitrogens with zero attached hydrogens (tertiary/aromatic N) is 1. The molecule has 1 aliphatic rings. The molecule has 0 saturated carbocycles. The first kappa shape index (κ1) is 14.5. The van der Waals surface area contributed by atoms with Gasteiger partial charge in [-0.25, -0.2) is 4.79 Å². The van der Waals surface area contributed by atoms with Gasteiger partial charge in [0.1, 0.15) is 12.1 Å². The van der Waals surface area contributed by atoms with Crippen molar-refractivity contribution in [2.75, 3.05) is 6.61 Å². The summed E-state index contributed by atoms with van der Waals surface area (Å²) in [5.41, 5.74) is 0. The Hall–Kier alpha value is -1.61. The predicted molar refractivity (Wildman–Crippen MR) is 62.6 cm³/mol. The molecule has 1 rings (SSSR count). The van der Waals surface area contributed by atoms with Crippen molar-refractivity contribution in [3.8, 4) is 6.07 Å². The van der Waals surface area contributed by atoms with Crippen molar-refractivity contribution in [3.63, 3.8) is 0 Å². The largest absolute Gasteiger partial charge is 0.480 e. The molecule has 0 aromatic rings. The molecular formula is C12H18N2O4. The third-order valence-electron chi connectivity index (χ3n) is 2.87. The number of amides is 1. The van der Waals surface area contributed by atoms with Crippen LogP contribution in [-0.2, 0) is 14.3 Å². The number of carboxylic acids is 1. The minimum Gasteiger partial charge on any atom is -0.480 e. The van der Waals surface area contributed by atoms with E-state index in [4.69, 9.17) is 15.1 Å². The van der Waals surface area contributed by atoms with Crippen molar-refractivity contribution in [1.82, 2.24) is 5.32 Å². The lowest BCUT2D eigenvalue weighted by atomic mass is 10.1. The number of hydrogen-bond acceptors (Lipinski definition) is 4. The van der Waals surface area contributed by atoms with Crippen LogP contribution in [0.4, 0.5) is 0 Å². The fourth-order valence-corrected chi connectivity index (χ4v) is 1.86. The molecule has 0 radical (unpaired) electrons. The molecule has 2 atom stereocenters. The van der Waals surface area contributed by atoms with Gasteiger partial charge < -0.3 is 15.2 Å². The third-order valence-corrected chi connectivity index (χ3v) is 2.87. The molecule has 18 heavy (non-hydrogen) atoms. The van der Waals surface area contributed by atoms with Crippen LogP contribution in [-0.4, -0.2) is 35.7 Å². The minimum absolute atomic E-state index is 0.343. The first-order chi connectivity index (χ1) is 8.65. The standard InChI is InChI=1S/C12H18N2O4/c13-7-3-1-2-5-9(12(16)17)14-11(15)10-6-4-8-18-10/h9-10H,1-6,8H2,(H,14,15)(H,16,17)/t9-,10-/m0/s1. The number of aliphatic carboxylic acids is 1. The first-order valence-electron chi connectivity index (χ1n) is 6.17. The summed E-state index contributed by atoms with van der Waals surface area (Å²) in [6, 6.07) is 1.11. The second-order valence-electron chi connectivity index (χ2n) is 4.30. The molecule has 1 heterocycles. The summed E-state index contributed by atoms with van der Waals surface area (Å²) in [5.74, 6) is -1.39. The number of nitriles is 1. The molecule has 0 aromatic carbocycles. The number of ether oxygens (including phenoxy) is 1. The smallest absolute Gasteiger partial charge is 0.326 e. The molecule has 6 heteroatoms. The van der Waals surface area contributed by atoms with Crippen molar-refractivity contribution >= 4 is 11.9 Å². The molecule has 1 amide bonds. The van der Waals surface area contributed by atoms with Gasteiger partial charge in [0, 0.05) is 13.0 Å². The van der Waals surface area contributed by atoms with Crippen LogP contribution in [0.2, 0.25) is 0 Å². The van der Waals surface area contributed by atoms with Crippen LogP contribution in [0.3, 0.4) is 0 Å². The SMILES string of the molecule is N#CCCCC[C@H](NC(=O)[C@@H]1CCCO1)C(=O)O. The lowest BCUT2D eigenvalue weighted by Gasteiger charge is -2.16. The van der Waals surface area contributed by atoms with E-state index in [1.807, 2.05) is 6.07 Å². The van der Waals surface area contributed by atoms with Crippen molar-refractivity contribution < 1.29 is 19.4 Å². The summed E-state index contributed by atoms with van der Waals surface area (Å²) < 4.78 is 5.19. The van der Waals surface area contributed by atoms with Crippen LogP contribution < -0.4 is 5.32 Å². The van der Waals surface area contributed by atoms with Crippen LogP contribution in [0.25, 0.3) is 0 Å². The zero-order valence-corrected chi connectivity index (χ0v) is 10.2. The van der Waals surface area contributed by atoms with E-state index < -0.39 is 18.1 Å². The maximum atomic E-state index is 11.7. The van der Waals surface area contributed by atoms with E-state index in [0.29, 0.717) is 38.7 Å². The van der Waals surface area contributed by atoms with E-state index in [1.54, 1.807) is 0 Å². The molecule has 1 saturated heterocycles. The Morgan fingerprint density at radius 1 is 1.50 bits per heavy atom. The van der Waals surface area contributed by atoms with Crippen molar-refractivity contribution in [3.05, 3.63) is 0 Å². The van der Waals surface area contributed by atoms with Crippen molar-refractivity contribution in [1.29, 1.82) is 5.26 Å². The molecule has 0 bridgehead atoms. The summed E-state index contributed by atoms with van der Waals surface area (Å²) in [7, 11) is 0. The Balaban J connectivity index is 2.34. The fraction of sp³-hybridized carbons (Fsp3) is 0.750. The van der Waals surface area contributed by atoms with E-state index in [9.17, 15) is 9.59 Å². The highest BCUT2D eigenvalue weighted by molar-refractivity contribution is 5.86. The van der Waals surface area contributed by atoms with Gasteiger partial charge in [0.15, 0.2) is 0 Å². The molecule has 6 nitrogen and oxygen atoms in total. The van der Waals surface area contributed by atoms with E-state index in [0.717, 1.165) is 6.42 Å². The fourth-order valence-electron chi connectivity index (χ4n) is 1.86. The van der Waals surface area contributed by atoms with E-state index >= 15 is 0 Å². The van der Waals surface area contributed by atoms with Gasteiger partial charge in [0.2, 0.25) is 5.91 Å². The average Bonchev–Trinajstić information content (AvgIpc) is 2.86. The molecule has 100 valence electrons. The Morgan fingerprint density at radius 2 is 2.28 bits per heavy atom. The monoisotopic (exact) mass is 254 g/mol. The second kappa shape index (κ2) is 7.67. The second-order valence-corrected chi connectivity index (χ2v) is 4.30. The molecule has 1 aliphatic heterocycles. The van der Waals surface area contributed by atoms with Gasteiger partial charge in [0.05, 0.1) is 6.07 Å². The van der Waals surface area contributed by atoms with Gasteiger partial charge in [0.25, 0.3) is 0 Å². The van der Waals surface area contributed by atoms with Crippen molar-refractivity contribution in [2.45, 2.75) is 50.7 Å². The Bertz CT molecular complexity index is 331. The number of carbonyl (C=O) groups excluding carboxylic acids is 1. The lowest BCUT2D eigenvalue weighted by molar-refractivity contribution is -0.143. The average molecular weight is 254 g/mol. The zero-order valence-electron chi connectivity index (χ0n) is 10.2. The highest BCUT2D eigenvalue weighted by Crippen LogP contribution is 2.13. The molecule has 0 aromatic heterocycles. The number of rotatable bonds is 7. The van der Waals surface area contributed by atoms with E-state index in [-0.39, 0.29) is 5.91 Å². The first-order valence-corrected chi connectivity index (χ1v) is 6.17. The normalized spacial score (nSPS) is 20.1. The Kier molecular flexibility index (Phi) is 6.15. The number of nitrogens with one attached hydrogen (secondary N) is 1. The lowest BCUT2D eigenvalue weighted by Crippen LogP contribution is -2.45. The summed E-state index contributed by atoms with van der Waals surface area (Å²) in [6.07, 6.45) is 2.98. The van der Waals surface area contributed by atoms with Crippen LogP contribution >= 0.6 is 0 Å². The molecule has 0 aliphatic carbocycles. The van der Waals surface area contributed by atoms with Gasteiger partial charge in [-0.15, -0.1) is 0 Å². The summed E-state index contributed by atoms with van der Waals surface area (Å²) in [5, 5.41) is 19.9. The van der Waals surface area contributed by atoms with Gasteiger partial charge in [-0.3, -0.25) is 4.79 Å². The summed E-state index contributed by atoms with van der Waals surface area (Å²) in [6.45, 7) is 0.554. The van der Waals surface area contributed by atoms with Crippen LogP contribution in [0.1, 0.15) is 38.5 Å². The highest BCUT2D eigenvalue weighted by atomic mass is 16.5. The Labute approximate surface area is 106 Å². The van der Waals surface area contributed by atoms with Crippen molar-refractivity contribution in [2.24, 2.45) is 0 Å². The van der Waals surface area contributed by atoms with Gasteiger partial charge >= 0.3 is 5.97 Å². The summed E-state index contributed by atoms with van der Waals surface area (Å²) >= 11 is 0. The summed E-state index contributed by atoms with van der Waals surface area (Å²) in [4.78, 5) is 22.7. The number of carboxylic acid groups (broad SMARTS) is 1. The molecular weight excluding hydrogens is 236 g/mol. The van der Waals surface area contributed by atoms with Gasteiger partial charge in [-0.05, 0) is 32.1 Å². The maximum Gasteiger partial charge on any atom is 0.326 e. The molecule has 0 unspecified atom stereocenters. The zero-order chi connectivity index (χ0) is 13.4. The van der Waals surface area contributed by atoms with E-state index in [1.165, 1.54) is 0 Å². The topological polar surface area (TPSA) is 99.4 Å². The third kappa shape index (κ3) is 4.72.